The summed E-state index contributed by atoms with van der Waals surface area (Å²) >= 11 is 0. The SMILES string of the molecule is CC1(C)CCCC1n1nnnc1-c1ccc(N)cc1. The van der Waals surface area contributed by atoms with Gasteiger partial charge in [-0.2, -0.15) is 0 Å². The molecule has 5 heteroatoms. The first-order valence-corrected chi connectivity index (χ1v) is 6.72. The van der Waals surface area contributed by atoms with E-state index in [1.807, 2.05) is 28.9 Å². The number of hydrogen-bond acceptors (Lipinski definition) is 4. The first-order valence-electron chi connectivity index (χ1n) is 6.72. The molecule has 1 heterocycles. The van der Waals surface area contributed by atoms with E-state index in [0.29, 0.717) is 6.04 Å². The van der Waals surface area contributed by atoms with E-state index in [0.717, 1.165) is 23.5 Å². The van der Waals surface area contributed by atoms with Crippen molar-refractivity contribution in [3.05, 3.63) is 24.3 Å². The van der Waals surface area contributed by atoms with E-state index >= 15 is 0 Å². The van der Waals surface area contributed by atoms with E-state index in [1.165, 1.54) is 12.8 Å². The van der Waals surface area contributed by atoms with Gasteiger partial charge in [0.15, 0.2) is 5.82 Å². The zero-order valence-corrected chi connectivity index (χ0v) is 11.4. The number of benzene rings is 1. The molecule has 1 atom stereocenters. The third-order valence-electron chi connectivity index (χ3n) is 4.16. The summed E-state index contributed by atoms with van der Waals surface area (Å²) in [5, 5.41) is 12.3. The highest BCUT2D eigenvalue weighted by atomic mass is 15.6. The molecule has 1 aromatic heterocycles. The lowest BCUT2D eigenvalue weighted by Crippen LogP contribution is -2.23. The van der Waals surface area contributed by atoms with Gasteiger partial charge in [0, 0.05) is 11.3 Å². The Hall–Kier alpha value is -1.91. The van der Waals surface area contributed by atoms with E-state index in [9.17, 15) is 0 Å². The molecule has 1 unspecified atom stereocenters. The number of tetrazole rings is 1. The average Bonchev–Trinajstić information content (AvgIpc) is 2.95. The third kappa shape index (κ3) is 2.09. The highest BCUT2D eigenvalue weighted by molar-refractivity contribution is 5.58. The minimum Gasteiger partial charge on any atom is -0.399 e. The quantitative estimate of drug-likeness (QED) is 0.840. The molecule has 1 aliphatic carbocycles. The van der Waals surface area contributed by atoms with Gasteiger partial charge in [0.2, 0.25) is 0 Å². The molecule has 5 nitrogen and oxygen atoms in total. The Labute approximate surface area is 112 Å². The van der Waals surface area contributed by atoms with Crippen LogP contribution in [0.15, 0.2) is 24.3 Å². The fourth-order valence-corrected chi connectivity index (χ4v) is 2.99. The van der Waals surface area contributed by atoms with Gasteiger partial charge in [0.1, 0.15) is 0 Å². The number of rotatable bonds is 2. The summed E-state index contributed by atoms with van der Waals surface area (Å²) in [4.78, 5) is 0. The molecule has 0 saturated heterocycles. The van der Waals surface area contributed by atoms with Gasteiger partial charge in [-0.1, -0.05) is 20.3 Å². The molecule has 3 rings (SSSR count). The summed E-state index contributed by atoms with van der Waals surface area (Å²) in [6.07, 6.45) is 3.59. The minimum atomic E-state index is 0.248. The Morgan fingerprint density at radius 1 is 1.26 bits per heavy atom. The van der Waals surface area contributed by atoms with E-state index in [-0.39, 0.29) is 5.41 Å². The van der Waals surface area contributed by atoms with Crippen molar-refractivity contribution in [1.29, 1.82) is 0 Å². The number of anilines is 1. The van der Waals surface area contributed by atoms with E-state index < -0.39 is 0 Å². The number of nitrogen functional groups attached to an aromatic ring is 1. The summed E-state index contributed by atoms with van der Waals surface area (Å²) < 4.78 is 1.98. The predicted octanol–water partition coefficient (Wildman–Crippen LogP) is 2.67. The second-order valence-electron chi connectivity index (χ2n) is 5.97. The van der Waals surface area contributed by atoms with Gasteiger partial charge in [-0.3, -0.25) is 0 Å². The second-order valence-corrected chi connectivity index (χ2v) is 5.97. The van der Waals surface area contributed by atoms with E-state index in [2.05, 4.69) is 29.4 Å². The molecule has 1 aliphatic rings. The fourth-order valence-electron chi connectivity index (χ4n) is 2.99. The number of nitrogens with two attached hydrogens (primary N) is 1. The first-order chi connectivity index (χ1) is 9.08. The Kier molecular flexibility index (Phi) is 2.77. The number of nitrogens with zero attached hydrogens (tertiary/aromatic N) is 4. The van der Waals surface area contributed by atoms with Crippen LogP contribution in [0.25, 0.3) is 11.4 Å². The summed E-state index contributed by atoms with van der Waals surface area (Å²) in [5.74, 6) is 0.833. The fraction of sp³-hybridized carbons (Fsp3) is 0.500. The topological polar surface area (TPSA) is 69.6 Å². The molecule has 0 bridgehead atoms. The van der Waals surface area contributed by atoms with Crippen LogP contribution in [0.1, 0.15) is 39.2 Å². The van der Waals surface area contributed by atoms with Gasteiger partial charge in [-0.05, 0) is 52.9 Å². The predicted molar refractivity (Wildman–Crippen MR) is 74.3 cm³/mol. The van der Waals surface area contributed by atoms with Crippen molar-refractivity contribution in [3.8, 4) is 11.4 Å². The molecule has 0 radical (unpaired) electrons. The van der Waals surface area contributed by atoms with Crippen LogP contribution in [0.2, 0.25) is 0 Å². The highest BCUT2D eigenvalue weighted by Gasteiger charge is 2.37. The highest BCUT2D eigenvalue weighted by Crippen LogP contribution is 2.46. The van der Waals surface area contributed by atoms with Crippen LogP contribution in [0, 0.1) is 5.41 Å². The molecule has 100 valence electrons. The molecule has 1 saturated carbocycles. The van der Waals surface area contributed by atoms with Crippen LogP contribution in [-0.2, 0) is 0 Å². The van der Waals surface area contributed by atoms with Crippen LogP contribution in [-0.4, -0.2) is 20.2 Å². The number of aromatic nitrogens is 4. The monoisotopic (exact) mass is 257 g/mol. The molecule has 0 amide bonds. The third-order valence-corrected chi connectivity index (χ3v) is 4.16. The maximum absolute atomic E-state index is 5.72. The molecule has 19 heavy (non-hydrogen) atoms. The maximum Gasteiger partial charge on any atom is 0.182 e. The van der Waals surface area contributed by atoms with E-state index in [1.54, 1.807) is 0 Å². The normalized spacial score (nSPS) is 21.7. The second kappa shape index (κ2) is 4.33. The molecular weight excluding hydrogens is 238 g/mol. The van der Waals surface area contributed by atoms with Gasteiger partial charge in [-0.25, -0.2) is 4.68 Å². The Balaban J connectivity index is 2.01. The molecule has 1 aromatic carbocycles. The van der Waals surface area contributed by atoms with Crippen molar-refractivity contribution in [3.63, 3.8) is 0 Å². The van der Waals surface area contributed by atoms with Crippen molar-refractivity contribution in [2.24, 2.45) is 5.41 Å². The lowest BCUT2D eigenvalue weighted by atomic mass is 9.87. The average molecular weight is 257 g/mol. The first kappa shape index (κ1) is 12.1. The van der Waals surface area contributed by atoms with Crippen molar-refractivity contribution >= 4 is 5.69 Å². The Bertz CT molecular complexity index is 570. The standard InChI is InChI=1S/C14H19N5/c1-14(2)9-3-4-12(14)19-13(16-17-18-19)10-5-7-11(15)8-6-10/h5-8,12H,3-4,9,15H2,1-2H3. The molecule has 0 aliphatic heterocycles. The lowest BCUT2D eigenvalue weighted by Gasteiger charge is -2.27. The van der Waals surface area contributed by atoms with Gasteiger partial charge in [0.25, 0.3) is 0 Å². The van der Waals surface area contributed by atoms with Crippen molar-refractivity contribution < 1.29 is 0 Å². The summed E-state index contributed by atoms with van der Waals surface area (Å²) in [5.41, 5.74) is 7.74. The lowest BCUT2D eigenvalue weighted by molar-refractivity contribution is 0.242. The zero-order valence-electron chi connectivity index (χ0n) is 11.4. The molecular formula is C14H19N5. The van der Waals surface area contributed by atoms with Crippen molar-refractivity contribution in [2.75, 3.05) is 5.73 Å². The van der Waals surface area contributed by atoms with Crippen molar-refractivity contribution in [1.82, 2.24) is 20.2 Å². The maximum atomic E-state index is 5.72. The minimum absolute atomic E-state index is 0.248. The smallest absolute Gasteiger partial charge is 0.182 e. The Morgan fingerprint density at radius 2 is 2.00 bits per heavy atom. The molecule has 2 aromatic rings. The summed E-state index contributed by atoms with van der Waals surface area (Å²) in [7, 11) is 0. The Morgan fingerprint density at radius 3 is 2.63 bits per heavy atom. The van der Waals surface area contributed by atoms with Crippen LogP contribution in [0.4, 0.5) is 5.69 Å². The van der Waals surface area contributed by atoms with Gasteiger partial charge < -0.3 is 5.73 Å². The van der Waals surface area contributed by atoms with Crippen LogP contribution >= 0.6 is 0 Å². The van der Waals surface area contributed by atoms with E-state index in [4.69, 9.17) is 5.73 Å². The van der Waals surface area contributed by atoms with Gasteiger partial charge in [0.05, 0.1) is 6.04 Å². The molecule has 2 N–H and O–H groups in total. The van der Waals surface area contributed by atoms with Crippen LogP contribution < -0.4 is 5.73 Å². The largest absolute Gasteiger partial charge is 0.399 e. The van der Waals surface area contributed by atoms with Crippen LogP contribution in [0.3, 0.4) is 0 Å². The number of hydrogen-bond donors (Lipinski definition) is 1. The summed E-state index contributed by atoms with van der Waals surface area (Å²) in [6.45, 7) is 4.58. The zero-order chi connectivity index (χ0) is 13.5. The summed E-state index contributed by atoms with van der Waals surface area (Å²) in [6, 6.07) is 8.08. The molecule has 1 fully saturated rings. The van der Waals surface area contributed by atoms with Crippen molar-refractivity contribution in [2.45, 2.75) is 39.2 Å². The van der Waals surface area contributed by atoms with Gasteiger partial charge >= 0.3 is 0 Å². The molecule has 0 spiro atoms. The van der Waals surface area contributed by atoms with Crippen LogP contribution in [0.5, 0.6) is 0 Å². The van der Waals surface area contributed by atoms with Gasteiger partial charge in [-0.15, -0.1) is 5.10 Å².